The quantitative estimate of drug-likeness (QED) is 0.0670. The Labute approximate surface area is 442 Å². The van der Waals surface area contributed by atoms with Gasteiger partial charge in [-0.1, -0.05) is 14.9 Å². The van der Waals surface area contributed by atoms with Crippen LogP contribution in [0.4, 0.5) is 158 Å². The van der Waals surface area contributed by atoms with Gasteiger partial charge in [-0.15, -0.1) is 0 Å². The van der Waals surface area contributed by atoms with Gasteiger partial charge in [0.1, 0.15) is 0 Å². The lowest BCUT2D eigenvalue weighted by atomic mass is 10.2. The first-order valence-electron chi connectivity index (χ1n) is 19.2. The van der Waals surface area contributed by atoms with Gasteiger partial charge in [0.05, 0.1) is 16.8 Å². The monoisotopic (exact) mass is 1350 g/mol. The van der Waals surface area contributed by atoms with Gasteiger partial charge in [-0.2, -0.15) is 146 Å². The maximum Gasteiger partial charge on any atom is 0.471 e. The summed E-state index contributed by atoms with van der Waals surface area (Å²) in [7, 11) is -0.408. The van der Waals surface area contributed by atoms with Crippen LogP contribution in [0, 0.1) is 0 Å². The van der Waals surface area contributed by atoms with E-state index in [1.807, 2.05) is 9.47 Å². The first kappa shape index (κ1) is 82.7. The fourth-order valence-corrected chi connectivity index (χ4v) is 3.76. The highest BCUT2D eigenvalue weighted by Crippen LogP contribution is 2.56. The van der Waals surface area contributed by atoms with Crippen molar-refractivity contribution in [3.63, 3.8) is 0 Å². The van der Waals surface area contributed by atoms with Crippen molar-refractivity contribution in [1.29, 1.82) is 2.56 Å². The summed E-state index contributed by atoms with van der Waals surface area (Å²) in [4.78, 5) is 20.9. The molecule has 5 unspecified atom stereocenters. The van der Waals surface area contributed by atoms with Crippen LogP contribution in [0.5, 0.6) is 0 Å². The Morgan fingerprint density at radius 2 is 0.747 bits per heavy atom. The molecule has 49 heteroatoms. The highest BCUT2D eigenvalue weighted by molar-refractivity contribution is 6.92. The van der Waals surface area contributed by atoms with Gasteiger partial charge in [-0.3, -0.25) is 14.2 Å². The van der Waals surface area contributed by atoms with Crippen LogP contribution >= 0.6 is 9.79 Å². The number of hydrogen-bond acceptors (Lipinski definition) is 12. The van der Waals surface area contributed by atoms with Gasteiger partial charge in [-0.25, -0.2) is 31.5 Å². The van der Waals surface area contributed by atoms with Crippen LogP contribution in [0.15, 0.2) is 24.1 Å². The van der Waals surface area contributed by atoms with Crippen LogP contribution in [0.2, 0.25) is 0 Å². The molecule has 5 atom stereocenters. The van der Waals surface area contributed by atoms with E-state index in [4.69, 9.17) is 2.56 Å². The molecule has 500 valence electrons. The van der Waals surface area contributed by atoms with E-state index < -0.39 is 167 Å². The van der Waals surface area contributed by atoms with E-state index in [2.05, 4.69) is 33.2 Å². The third-order valence-electron chi connectivity index (χ3n) is 8.42. The van der Waals surface area contributed by atoms with Gasteiger partial charge >= 0.3 is 120 Å². The lowest BCUT2D eigenvalue weighted by Gasteiger charge is -2.40. The fourth-order valence-electron chi connectivity index (χ4n) is 3.76. The summed E-state index contributed by atoms with van der Waals surface area (Å²) in [6, 6.07) is -7.85. The zero-order chi connectivity index (χ0) is 68.2. The molecule has 0 aliphatic carbocycles. The summed E-state index contributed by atoms with van der Waals surface area (Å²) in [6.45, 7) is 0.721. The van der Waals surface area contributed by atoms with Gasteiger partial charge in [0.25, 0.3) is 23.4 Å². The third-order valence-corrected chi connectivity index (χ3v) is 8.42. The summed E-state index contributed by atoms with van der Waals surface area (Å²) in [5.41, 5.74) is 0. The number of alkyl halides is 31. The van der Waals surface area contributed by atoms with Crippen LogP contribution in [0.25, 0.3) is 0 Å². The van der Waals surface area contributed by atoms with Crippen molar-refractivity contribution in [2.75, 3.05) is 14.2 Å². The smallest absolute Gasteiger partial charge is 0.464 e. The number of ether oxygens (including phenoxy) is 10. The summed E-state index contributed by atoms with van der Waals surface area (Å²) in [5, 5.41) is 0. The lowest BCUT2D eigenvalue weighted by molar-refractivity contribution is -0.534. The van der Waals surface area contributed by atoms with Gasteiger partial charge in [-0.05, 0) is 6.92 Å². The molecule has 0 aromatic rings. The number of hydrogen-bond donors (Lipinski definition) is 0. The number of rotatable bonds is 15. The molecule has 0 spiro atoms. The van der Waals surface area contributed by atoms with Crippen molar-refractivity contribution in [2.45, 2.75) is 164 Å². The Morgan fingerprint density at radius 3 is 0.940 bits per heavy atom. The van der Waals surface area contributed by atoms with E-state index in [0.29, 0.717) is 27.7 Å². The number of esters is 2. The summed E-state index contributed by atoms with van der Waals surface area (Å²) in [6.07, 6.45) is -56.8. The number of carbonyl (C=O) groups excluding carboxylic acids is 2. The molecule has 83 heavy (non-hydrogen) atoms. The molecule has 2 aliphatic rings. The van der Waals surface area contributed by atoms with Crippen molar-refractivity contribution >= 4 is 21.7 Å². The maximum absolute atomic E-state index is 13.8. The van der Waals surface area contributed by atoms with E-state index in [0.717, 1.165) is 0 Å². The zero-order valence-corrected chi connectivity index (χ0v) is 40.0. The normalized spacial score (nSPS) is 23.2. The second-order valence-electron chi connectivity index (χ2n) is 14.8. The van der Waals surface area contributed by atoms with Crippen molar-refractivity contribution in [1.82, 2.24) is 0 Å². The average molecular weight is 1350 g/mol. The van der Waals surface area contributed by atoms with Gasteiger partial charge in [0.15, 0.2) is 0 Å². The Bertz CT molecular complexity index is 2220. The molecule has 2 rings (SSSR count). The van der Waals surface area contributed by atoms with Crippen LogP contribution in [0.3, 0.4) is 0 Å². The van der Waals surface area contributed by atoms with Crippen LogP contribution in [0.1, 0.15) is 56.4 Å². The largest absolute Gasteiger partial charge is 0.471 e. The fraction of sp³-hybridized carbons (Fsp3) is 0.824. The number of carbonyl (C=O) groups is 2. The van der Waals surface area contributed by atoms with Crippen molar-refractivity contribution in [3.8, 4) is 0 Å². The van der Waals surface area contributed by atoms with Crippen molar-refractivity contribution in [2.24, 2.45) is 0 Å². The molecular weight excluding hydrogens is 1320 g/mol. The van der Waals surface area contributed by atoms with Crippen LogP contribution in [-0.4, -0.2) is 136 Å². The predicted octanol–water partition coefficient (Wildman–Crippen LogP) is 15.2. The molecular formula is C34H35F36O12P. The van der Waals surface area contributed by atoms with Crippen LogP contribution in [-0.2, 0) is 57.0 Å². The molecule has 0 aromatic carbocycles. The molecule has 0 N–H and O–H groups in total. The van der Waals surface area contributed by atoms with Gasteiger partial charge < -0.3 is 33.2 Å². The van der Waals surface area contributed by atoms with E-state index >= 15 is 0 Å². The second kappa shape index (κ2) is 26.2. The van der Waals surface area contributed by atoms with Crippen molar-refractivity contribution < 1.29 is 215 Å². The minimum absolute atomic E-state index is 0. The Kier molecular flexibility index (Phi) is 26.2. The third kappa shape index (κ3) is 18.5. The molecule has 0 radical (unpaired) electrons. The van der Waals surface area contributed by atoms with Crippen LogP contribution < -0.4 is 0 Å². The minimum atomic E-state index is -7.40. The lowest BCUT2D eigenvalue weighted by Crippen LogP contribution is -2.66. The first-order valence-corrected chi connectivity index (χ1v) is 18.2. The SMILES string of the molecule is C.C.CC1(C(F)(F)F)OC(F)=C(F)O1.CC1(F)OC(C)(C(F)(F)F)OC1(C)F.COC(=O)C(F)(F)C(F)(F)OC(F)(C(F)(F)F)C(F)(F)OC(C)(F)C(C)(F)F.COC(=O)C(F)(F)C(F)(F)OC(F)(C(F)(F)F)C(F)(F)OC(F)=C(F)F.[2H]P[2H]. The molecule has 0 bridgehead atoms. The highest BCUT2D eigenvalue weighted by atomic mass is 31.0. The highest BCUT2D eigenvalue weighted by Gasteiger charge is 2.84. The van der Waals surface area contributed by atoms with Crippen molar-refractivity contribution in [3.05, 3.63) is 24.1 Å². The molecule has 2 aliphatic heterocycles. The minimum Gasteiger partial charge on any atom is -0.464 e. The van der Waals surface area contributed by atoms with E-state index in [9.17, 15) is 168 Å². The summed E-state index contributed by atoms with van der Waals surface area (Å²) >= 11 is 0. The summed E-state index contributed by atoms with van der Waals surface area (Å²) < 4.78 is 498. The van der Waals surface area contributed by atoms with E-state index in [1.165, 1.54) is 0 Å². The second-order valence-corrected chi connectivity index (χ2v) is 14.8. The molecule has 0 amide bonds. The Hall–Kier alpha value is -4.47. The molecule has 2 heterocycles. The average Bonchev–Trinajstić information content (AvgIpc) is 3.61. The molecule has 1 saturated heterocycles. The topological polar surface area (TPSA) is 126 Å². The van der Waals surface area contributed by atoms with E-state index in [1.54, 1.807) is 4.74 Å². The molecule has 12 nitrogen and oxygen atoms in total. The number of methoxy groups -OCH3 is 2. The molecule has 0 aromatic heterocycles. The maximum atomic E-state index is 13.8. The predicted molar refractivity (Wildman–Crippen MR) is 194 cm³/mol. The zero-order valence-electron chi connectivity index (χ0n) is 41.0. The molecule has 1 fully saturated rings. The van der Waals surface area contributed by atoms with Gasteiger partial charge in [0.2, 0.25) is 0 Å². The Morgan fingerprint density at radius 1 is 0.482 bits per heavy atom. The van der Waals surface area contributed by atoms with Gasteiger partial charge in [0, 0.05) is 34.6 Å². The molecule has 0 saturated carbocycles. The Balaban J connectivity index is -0.000000342. The van der Waals surface area contributed by atoms with E-state index in [-0.39, 0.29) is 29.1 Å². The number of halogens is 36. The standard InChI is InChI=1S/C11H9F13O4.C9H3F13O4.C7H9F5O2.C5H3F5O2.2CH4.H3P/c1-5(12,13)6(2,14)27-11(23,24)8(17,9(18,19)20)28-10(21,22)7(15,16)4(25)26-3;1-24-4(23)5(13,14)8(19,20)26-6(15,7(16,17)18)9(21,22)25-3(12)2(10)11;1-4(8)5(2,9)14-6(3,13-4)7(10,11)12;1-4(5(8,9)10)11-2(6)3(7)12-4;;;/h1-3H3;1H3;1-3H3;1H3;2*1H4;1H3/i;;;;;;1D2. The summed E-state index contributed by atoms with van der Waals surface area (Å²) in [5.74, 6) is -57.3. The first-order chi connectivity index (χ1) is 35.8.